The van der Waals surface area contributed by atoms with Gasteiger partial charge in [0.2, 0.25) is 0 Å². The summed E-state index contributed by atoms with van der Waals surface area (Å²) in [4.78, 5) is 23.5. The molecule has 1 heterocycles. The lowest BCUT2D eigenvalue weighted by atomic mass is 9.93. The van der Waals surface area contributed by atoms with Crippen LogP contribution in [0.5, 0.6) is 0 Å². The van der Waals surface area contributed by atoms with Gasteiger partial charge in [0, 0.05) is 17.5 Å². The minimum absolute atomic E-state index is 0.101. The highest BCUT2D eigenvalue weighted by Crippen LogP contribution is 2.35. The molecular weight excluding hydrogens is 377 g/mol. The summed E-state index contributed by atoms with van der Waals surface area (Å²) in [5, 5.41) is 6.21. The zero-order chi connectivity index (χ0) is 20.5. The van der Waals surface area contributed by atoms with Crippen LogP contribution in [-0.2, 0) is 12.6 Å². The van der Waals surface area contributed by atoms with Crippen LogP contribution in [0.4, 0.5) is 23.7 Å². The number of rotatable bonds is 3. The SMILES string of the molecule is Cc1c(C(=O)Nc2ccccc2C(F)(F)F)oc2c1/C(=N/NC(N)=O)CCC2. The van der Waals surface area contributed by atoms with Crippen molar-refractivity contribution in [3.63, 3.8) is 0 Å². The minimum Gasteiger partial charge on any atom is -0.455 e. The highest BCUT2D eigenvalue weighted by atomic mass is 19.4. The number of carbonyl (C=O) groups excluding carboxylic acids is 2. The van der Waals surface area contributed by atoms with E-state index >= 15 is 0 Å². The molecule has 1 aromatic heterocycles. The zero-order valence-electron chi connectivity index (χ0n) is 14.8. The molecule has 148 valence electrons. The first-order chi connectivity index (χ1) is 13.2. The number of alkyl halides is 3. The molecule has 10 heteroatoms. The fourth-order valence-corrected chi connectivity index (χ4v) is 3.14. The van der Waals surface area contributed by atoms with E-state index in [1.807, 2.05) is 0 Å². The fourth-order valence-electron chi connectivity index (χ4n) is 3.14. The van der Waals surface area contributed by atoms with E-state index in [-0.39, 0.29) is 11.4 Å². The quantitative estimate of drug-likeness (QED) is 0.692. The summed E-state index contributed by atoms with van der Waals surface area (Å²) < 4.78 is 45.0. The maximum Gasteiger partial charge on any atom is 0.418 e. The first-order valence-electron chi connectivity index (χ1n) is 8.40. The number of hydrazone groups is 1. The summed E-state index contributed by atoms with van der Waals surface area (Å²) in [5.74, 6) is -0.413. The first kappa shape index (κ1) is 19.5. The van der Waals surface area contributed by atoms with Crippen LogP contribution >= 0.6 is 0 Å². The van der Waals surface area contributed by atoms with Crippen LogP contribution in [0.15, 0.2) is 33.8 Å². The number of hydrogen-bond acceptors (Lipinski definition) is 4. The third-order valence-corrected chi connectivity index (χ3v) is 4.31. The van der Waals surface area contributed by atoms with Crippen LogP contribution in [0.25, 0.3) is 0 Å². The Kier molecular flexibility index (Phi) is 5.12. The van der Waals surface area contributed by atoms with E-state index in [0.29, 0.717) is 41.9 Å². The van der Waals surface area contributed by atoms with Crippen LogP contribution in [0.1, 0.15) is 45.8 Å². The number of fused-ring (bicyclic) bond motifs is 1. The highest BCUT2D eigenvalue weighted by molar-refractivity contribution is 6.09. The van der Waals surface area contributed by atoms with E-state index in [1.54, 1.807) is 6.92 Å². The fraction of sp³-hybridized carbons (Fsp3) is 0.278. The number of primary amides is 1. The largest absolute Gasteiger partial charge is 0.455 e. The molecule has 0 fully saturated rings. The van der Waals surface area contributed by atoms with E-state index in [4.69, 9.17) is 10.2 Å². The molecule has 0 radical (unpaired) electrons. The monoisotopic (exact) mass is 394 g/mol. The third-order valence-electron chi connectivity index (χ3n) is 4.31. The number of carbonyl (C=O) groups is 2. The van der Waals surface area contributed by atoms with Crippen molar-refractivity contribution in [3.8, 4) is 0 Å². The van der Waals surface area contributed by atoms with Crippen molar-refractivity contribution >= 4 is 23.3 Å². The maximum absolute atomic E-state index is 13.1. The number of nitrogens with one attached hydrogen (secondary N) is 2. The van der Waals surface area contributed by atoms with Gasteiger partial charge >= 0.3 is 12.2 Å². The van der Waals surface area contributed by atoms with Crippen molar-refractivity contribution in [2.24, 2.45) is 10.8 Å². The number of nitrogens with two attached hydrogens (primary N) is 1. The van der Waals surface area contributed by atoms with Gasteiger partial charge in [-0.15, -0.1) is 0 Å². The molecule has 1 aromatic carbocycles. The van der Waals surface area contributed by atoms with Gasteiger partial charge in [-0.05, 0) is 31.9 Å². The number of nitrogens with zero attached hydrogens (tertiary/aromatic N) is 1. The van der Waals surface area contributed by atoms with Gasteiger partial charge in [0.05, 0.1) is 17.0 Å². The summed E-state index contributed by atoms with van der Waals surface area (Å²) in [5.41, 5.74) is 7.34. The van der Waals surface area contributed by atoms with Gasteiger partial charge < -0.3 is 15.5 Å². The summed E-state index contributed by atoms with van der Waals surface area (Å²) in [7, 11) is 0. The van der Waals surface area contributed by atoms with Gasteiger partial charge in [0.1, 0.15) is 5.76 Å². The molecule has 0 atom stereocenters. The molecule has 0 bridgehead atoms. The number of aryl methyl sites for hydroxylation is 1. The van der Waals surface area contributed by atoms with Gasteiger partial charge in [-0.25, -0.2) is 10.2 Å². The Morgan fingerprint density at radius 2 is 1.93 bits per heavy atom. The molecule has 0 spiro atoms. The predicted molar refractivity (Wildman–Crippen MR) is 95.0 cm³/mol. The van der Waals surface area contributed by atoms with E-state index in [2.05, 4.69) is 15.8 Å². The van der Waals surface area contributed by atoms with Gasteiger partial charge in [-0.2, -0.15) is 18.3 Å². The van der Waals surface area contributed by atoms with E-state index < -0.39 is 23.7 Å². The van der Waals surface area contributed by atoms with Gasteiger partial charge in [-0.1, -0.05) is 12.1 Å². The van der Waals surface area contributed by atoms with Gasteiger partial charge in [0.25, 0.3) is 5.91 Å². The second-order valence-electron chi connectivity index (χ2n) is 6.24. The van der Waals surface area contributed by atoms with Crippen LogP contribution in [0.2, 0.25) is 0 Å². The molecule has 4 N–H and O–H groups in total. The van der Waals surface area contributed by atoms with Crippen LogP contribution in [0, 0.1) is 6.92 Å². The number of furan rings is 1. The molecule has 3 amide bonds. The lowest BCUT2D eigenvalue weighted by Crippen LogP contribution is -2.27. The van der Waals surface area contributed by atoms with Crippen molar-refractivity contribution in [1.29, 1.82) is 0 Å². The Bertz CT molecular complexity index is 963. The molecule has 0 unspecified atom stereocenters. The molecule has 0 aliphatic heterocycles. The summed E-state index contributed by atoms with van der Waals surface area (Å²) in [6, 6.07) is 3.86. The predicted octanol–water partition coefficient (Wildman–Crippen LogP) is 3.57. The first-order valence-corrected chi connectivity index (χ1v) is 8.40. The highest BCUT2D eigenvalue weighted by Gasteiger charge is 2.34. The Morgan fingerprint density at radius 1 is 1.21 bits per heavy atom. The normalized spacial score (nSPS) is 15.2. The van der Waals surface area contributed by atoms with Crippen LogP contribution in [0.3, 0.4) is 0 Å². The molecule has 1 aliphatic rings. The third kappa shape index (κ3) is 3.85. The summed E-state index contributed by atoms with van der Waals surface area (Å²) in [6.45, 7) is 1.61. The number of amides is 3. The van der Waals surface area contributed by atoms with Crippen molar-refractivity contribution in [2.75, 3.05) is 5.32 Å². The Labute approximate surface area is 157 Å². The van der Waals surface area contributed by atoms with Gasteiger partial charge in [0.15, 0.2) is 5.76 Å². The number of hydrogen-bond donors (Lipinski definition) is 3. The standard InChI is InChI=1S/C18H17F3N4O3/c1-9-14-12(24-25-17(22)27)7-4-8-13(14)28-15(9)16(26)23-11-6-3-2-5-10(11)18(19,20)21/h2-3,5-6H,4,7-8H2,1H3,(H,23,26)(H3,22,25,27)/b24-12+. The number of para-hydroxylation sites is 1. The van der Waals surface area contributed by atoms with Crippen molar-refractivity contribution in [3.05, 3.63) is 52.5 Å². The van der Waals surface area contributed by atoms with E-state index in [9.17, 15) is 22.8 Å². The summed E-state index contributed by atoms with van der Waals surface area (Å²) in [6.07, 6.45) is -2.86. The Morgan fingerprint density at radius 3 is 2.61 bits per heavy atom. The smallest absolute Gasteiger partial charge is 0.418 e. The molecule has 7 nitrogen and oxygen atoms in total. The number of anilines is 1. The van der Waals surface area contributed by atoms with Crippen molar-refractivity contribution in [2.45, 2.75) is 32.4 Å². The maximum atomic E-state index is 13.1. The van der Waals surface area contributed by atoms with E-state index in [0.717, 1.165) is 6.07 Å². The number of benzene rings is 1. The summed E-state index contributed by atoms with van der Waals surface area (Å²) >= 11 is 0. The lowest BCUT2D eigenvalue weighted by Gasteiger charge is -2.13. The lowest BCUT2D eigenvalue weighted by molar-refractivity contribution is -0.136. The number of urea groups is 1. The molecule has 1 aliphatic carbocycles. The van der Waals surface area contributed by atoms with E-state index in [1.165, 1.54) is 18.2 Å². The van der Waals surface area contributed by atoms with Crippen LogP contribution < -0.4 is 16.5 Å². The molecule has 28 heavy (non-hydrogen) atoms. The zero-order valence-corrected chi connectivity index (χ0v) is 14.8. The topological polar surface area (TPSA) is 110 Å². The number of halogens is 3. The Hall–Kier alpha value is -3.30. The average Bonchev–Trinajstić information content (AvgIpc) is 2.97. The second kappa shape index (κ2) is 7.37. The molecule has 3 rings (SSSR count). The molecular formula is C18H17F3N4O3. The molecule has 2 aromatic rings. The molecule has 0 saturated carbocycles. The minimum atomic E-state index is -4.61. The second-order valence-corrected chi connectivity index (χ2v) is 6.24. The van der Waals surface area contributed by atoms with Crippen LogP contribution in [-0.4, -0.2) is 17.6 Å². The van der Waals surface area contributed by atoms with Crippen molar-refractivity contribution < 1.29 is 27.2 Å². The van der Waals surface area contributed by atoms with Crippen molar-refractivity contribution in [1.82, 2.24) is 5.43 Å². The average molecular weight is 394 g/mol. The van der Waals surface area contributed by atoms with Gasteiger partial charge in [-0.3, -0.25) is 4.79 Å². The molecule has 0 saturated heterocycles. The Balaban J connectivity index is 1.93.